The molecule has 0 aliphatic rings. The molecule has 0 saturated heterocycles. The van der Waals surface area contributed by atoms with E-state index < -0.39 is 0 Å². The molecular weight excluding hydrogens is 1110 g/mol. The average molecular weight is 1160 g/mol. The number of anilines is 6. The summed E-state index contributed by atoms with van der Waals surface area (Å²) in [5.41, 5.74) is 12.5. The lowest BCUT2D eigenvalue weighted by Crippen LogP contribution is -2.12. The highest BCUT2D eigenvalue weighted by Crippen LogP contribution is 2.47. The number of hydrogen-bond acceptors (Lipinski definition) is 6. The summed E-state index contributed by atoms with van der Waals surface area (Å²) in [4.78, 5) is 17.0. The Morgan fingerprint density at radius 2 is 0.727 bits per heavy atom. The molecule has 410 valence electrons. The van der Waals surface area contributed by atoms with Gasteiger partial charge in [-0.3, -0.25) is 4.90 Å². The van der Waals surface area contributed by atoms with Crippen LogP contribution in [0.5, 0.6) is 0 Å². The van der Waals surface area contributed by atoms with Crippen LogP contribution in [-0.4, -0.2) is 9.97 Å². The molecule has 18 aromatic rings. The van der Waals surface area contributed by atoms with Gasteiger partial charge in [0.25, 0.3) is 0 Å². The van der Waals surface area contributed by atoms with Crippen LogP contribution in [0.3, 0.4) is 0 Å². The molecule has 0 saturated carbocycles. The number of nitrogens with zero attached hydrogens (tertiary/aromatic N) is 4. The predicted octanol–water partition coefficient (Wildman–Crippen LogP) is 24.1. The van der Waals surface area contributed by atoms with Gasteiger partial charge in [-0.25, -0.2) is 9.97 Å². The largest absolute Gasteiger partial charge is 0.310 e. The SMILES string of the molecule is c1ccc(-c2ccc(N(c3ccc4c(ccc5ccc6cc(-c7ccc(-c8ccc(N(c9ccc%10c(n9)sc9ccccc9%10)c9cc%10ccc%11ccccc%11c%10c%10ccccc9%10)cc8)cc7)ccc6c54)c3)c3ccc4c(c3)sc3ncccc34)cc2)cc1. The van der Waals surface area contributed by atoms with Crippen molar-refractivity contribution in [3.63, 3.8) is 0 Å². The van der Waals surface area contributed by atoms with Gasteiger partial charge >= 0.3 is 0 Å². The molecule has 0 bridgehead atoms. The molecule has 14 aromatic carbocycles. The van der Waals surface area contributed by atoms with Crippen molar-refractivity contribution < 1.29 is 0 Å². The summed E-state index contributed by atoms with van der Waals surface area (Å²) in [5, 5.41) is 19.6. The molecule has 0 radical (unpaired) electrons. The highest BCUT2D eigenvalue weighted by atomic mass is 32.1. The van der Waals surface area contributed by atoms with Gasteiger partial charge in [-0.2, -0.15) is 0 Å². The first-order chi connectivity index (χ1) is 43.6. The number of fused-ring (bicyclic) bond motifs is 16. The molecule has 0 spiro atoms. The smallest absolute Gasteiger partial charge is 0.139 e. The van der Waals surface area contributed by atoms with Gasteiger partial charge in [0.05, 0.1) is 5.69 Å². The van der Waals surface area contributed by atoms with E-state index >= 15 is 0 Å². The third-order valence-electron chi connectivity index (χ3n) is 17.9. The van der Waals surface area contributed by atoms with Gasteiger partial charge in [0, 0.05) is 65.3 Å². The lowest BCUT2D eigenvalue weighted by molar-refractivity contribution is 1.23. The minimum Gasteiger partial charge on any atom is -0.310 e. The van der Waals surface area contributed by atoms with Gasteiger partial charge in [0.15, 0.2) is 0 Å². The molecule has 0 aliphatic carbocycles. The van der Waals surface area contributed by atoms with Crippen molar-refractivity contribution in [2.75, 3.05) is 9.80 Å². The first kappa shape index (κ1) is 50.3. The second kappa shape index (κ2) is 20.3. The van der Waals surface area contributed by atoms with E-state index in [2.05, 4.69) is 301 Å². The fourth-order valence-electron chi connectivity index (χ4n) is 13.6. The van der Waals surface area contributed by atoms with Crippen LogP contribution in [-0.2, 0) is 0 Å². The molecule has 0 atom stereocenters. The van der Waals surface area contributed by atoms with Gasteiger partial charge in [-0.1, -0.05) is 206 Å². The number of thiophene rings is 2. The zero-order valence-corrected chi connectivity index (χ0v) is 49.1. The fraction of sp³-hybridized carbons (Fsp3) is 0. The normalized spacial score (nSPS) is 11.9. The highest BCUT2D eigenvalue weighted by molar-refractivity contribution is 7.25. The summed E-state index contributed by atoms with van der Waals surface area (Å²) in [5.74, 6) is 0.881. The number of pyridine rings is 2. The molecule has 0 fully saturated rings. The van der Waals surface area contributed by atoms with Crippen LogP contribution in [0, 0.1) is 0 Å². The van der Waals surface area contributed by atoms with Crippen molar-refractivity contribution in [1.29, 1.82) is 0 Å². The topological polar surface area (TPSA) is 32.3 Å². The van der Waals surface area contributed by atoms with E-state index in [0.717, 1.165) is 55.0 Å². The molecule has 0 aliphatic heterocycles. The van der Waals surface area contributed by atoms with E-state index in [1.165, 1.54) is 118 Å². The maximum Gasteiger partial charge on any atom is 0.139 e. The van der Waals surface area contributed by atoms with Gasteiger partial charge < -0.3 is 4.90 Å². The Morgan fingerprint density at radius 3 is 1.50 bits per heavy atom. The number of benzene rings is 14. The third kappa shape index (κ3) is 8.33. The second-order valence-corrected chi connectivity index (χ2v) is 24.9. The quantitative estimate of drug-likeness (QED) is 0.135. The molecule has 0 amide bonds. The van der Waals surface area contributed by atoms with Crippen LogP contribution in [0.1, 0.15) is 0 Å². The minimum absolute atomic E-state index is 0.881. The van der Waals surface area contributed by atoms with Crippen molar-refractivity contribution >= 4 is 162 Å². The maximum absolute atomic E-state index is 5.46. The molecular formula is C82H50N4S2. The van der Waals surface area contributed by atoms with Crippen LogP contribution in [0.2, 0.25) is 0 Å². The molecule has 0 N–H and O–H groups in total. The van der Waals surface area contributed by atoms with E-state index in [0.29, 0.717) is 0 Å². The van der Waals surface area contributed by atoms with Crippen LogP contribution < -0.4 is 9.80 Å². The van der Waals surface area contributed by atoms with E-state index in [1.807, 2.05) is 12.3 Å². The summed E-state index contributed by atoms with van der Waals surface area (Å²) in [6.07, 6.45) is 1.88. The number of aromatic nitrogens is 2. The van der Waals surface area contributed by atoms with Crippen molar-refractivity contribution in [2.24, 2.45) is 0 Å². The zero-order valence-electron chi connectivity index (χ0n) is 47.5. The molecule has 4 nitrogen and oxygen atoms in total. The Hall–Kier alpha value is -11.0. The van der Waals surface area contributed by atoms with Gasteiger partial charge in [0.1, 0.15) is 15.5 Å². The van der Waals surface area contributed by atoms with Crippen molar-refractivity contribution in [3.8, 4) is 33.4 Å². The van der Waals surface area contributed by atoms with E-state index in [9.17, 15) is 0 Å². The van der Waals surface area contributed by atoms with Crippen LogP contribution in [0.4, 0.5) is 34.3 Å². The monoisotopic (exact) mass is 1150 g/mol. The lowest BCUT2D eigenvalue weighted by Gasteiger charge is -2.27. The molecule has 4 aromatic heterocycles. The number of rotatable bonds is 9. The minimum atomic E-state index is 0.881. The Morgan fingerprint density at radius 1 is 0.250 bits per heavy atom. The highest BCUT2D eigenvalue weighted by Gasteiger charge is 2.22. The lowest BCUT2D eigenvalue weighted by atomic mass is 9.93. The second-order valence-electron chi connectivity index (χ2n) is 22.9. The van der Waals surface area contributed by atoms with Gasteiger partial charge in [0.2, 0.25) is 0 Å². The first-order valence-corrected chi connectivity index (χ1v) is 31.5. The Balaban J connectivity index is 0.680. The van der Waals surface area contributed by atoms with Crippen molar-refractivity contribution in [2.45, 2.75) is 0 Å². The Bertz CT molecular complexity index is 5810. The maximum atomic E-state index is 5.46. The van der Waals surface area contributed by atoms with Crippen LogP contribution >= 0.6 is 22.7 Å². The van der Waals surface area contributed by atoms with Crippen LogP contribution in [0.25, 0.3) is 139 Å². The average Bonchev–Trinajstić information content (AvgIpc) is 1.04. The number of hydrogen-bond donors (Lipinski definition) is 0. The van der Waals surface area contributed by atoms with E-state index in [4.69, 9.17) is 9.97 Å². The molecule has 88 heavy (non-hydrogen) atoms. The molecule has 4 heterocycles. The Kier molecular flexibility index (Phi) is 11.6. The van der Waals surface area contributed by atoms with Gasteiger partial charge in [-0.05, 0) is 184 Å². The third-order valence-corrected chi connectivity index (χ3v) is 20.0. The predicted molar refractivity (Wildman–Crippen MR) is 379 cm³/mol. The standard InChI is InChI=1S/C82H50N4S2/c1-2-11-51(12-3-1)53-30-35-62(36-31-53)85(65-40-43-71-73-18-10-46-83-81(73)88-77(71)50-65)64-39-42-68-60(48-64)28-26-57-25-27-59-47-58(34-41-67(59)79(57)68)55-22-20-52(21-23-55)54-32-37-63(38-33-54)86(78-45-44-74-70-16-8-9-19-76(70)87-82(74)84-78)75-49-61-29-24-56-13-4-5-14-66(56)80(61)72-17-7-6-15-69(72)75/h1-50H. The van der Waals surface area contributed by atoms with Gasteiger partial charge in [-0.15, -0.1) is 22.7 Å². The van der Waals surface area contributed by atoms with Crippen molar-refractivity contribution in [1.82, 2.24) is 9.97 Å². The summed E-state index contributed by atoms with van der Waals surface area (Å²) in [6.45, 7) is 0. The Labute approximate surface area is 515 Å². The summed E-state index contributed by atoms with van der Waals surface area (Å²) >= 11 is 3.50. The van der Waals surface area contributed by atoms with Crippen molar-refractivity contribution in [3.05, 3.63) is 303 Å². The first-order valence-electron chi connectivity index (χ1n) is 29.8. The van der Waals surface area contributed by atoms with E-state index in [1.54, 1.807) is 22.7 Å². The summed E-state index contributed by atoms with van der Waals surface area (Å²) in [7, 11) is 0. The zero-order chi connectivity index (χ0) is 57.8. The summed E-state index contributed by atoms with van der Waals surface area (Å²) in [6, 6.07) is 109. The summed E-state index contributed by atoms with van der Waals surface area (Å²) < 4.78 is 2.46. The van der Waals surface area contributed by atoms with Crippen LogP contribution in [0.15, 0.2) is 303 Å². The fourth-order valence-corrected chi connectivity index (χ4v) is 15.8. The molecule has 6 heteroatoms. The van der Waals surface area contributed by atoms with E-state index in [-0.39, 0.29) is 0 Å². The molecule has 18 rings (SSSR count). The molecule has 0 unspecified atom stereocenters.